The second-order valence-electron chi connectivity index (χ2n) is 6.66. The number of rotatable bonds is 16. The highest BCUT2D eigenvalue weighted by Crippen LogP contribution is 2.13. The molecule has 0 N–H and O–H groups in total. The van der Waals surface area contributed by atoms with Crippen LogP contribution in [0.3, 0.4) is 0 Å². The van der Waals surface area contributed by atoms with E-state index in [1.807, 2.05) is 13.8 Å². The Bertz CT molecular complexity index is 202. The van der Waals surface area contributed by atoms with Crippen LogP contribution in [0, 0.1) is 5.21 Å². The maximum atomic E-state index is 12.1. The molecule has 0 unspecified atom stereocenters. The normalized spacial score (nSPS) is 12.0. The Kier molecular flexibility index (Phi) is 14.8. The van der Waals surface area contributed by atoms with Gasteiger partial charge in [-0.05, 0) is 26.7 Å². The summed E-state index contributed by atoms with van der Waals surface area (Å²) >= 11 is 0. The minimum Gasteiger partial charge on any atom is -0.633 e. The van der Waals surface area contributed by atoms with E-state index in [-0.39, 0.29) is 4.65 Å². The van der Waals surface area contributed by atoms with Gasteiger partial charge in [0.1, 0.15) is 0 Å². The molecule has 0 radical (unpaired) electrons. The monoisotopic (exact) mass is 299 g/mol. The molecule has 0 saturated carbocycles. The molecule has 2 nitrogen and oxygen atoms in total. The van der Waals surface area contributed by atoms with Crippen molar-refractivity contribution in [3.8, 4) is 0 Å². The Labute approximate surface area is 134 Å². The molecule has 0 amide bonds. The Balaban J connectivity index is 3.16. The molecule has 21 heavy (non-hydrogen) atoms. The Morgan fingerprint density at radius 2 is 0.857 bits per heavy atom. The van der Waals surface area contributed by atoms with Crippen LogP contribution in [0.5, 0.6) is 0 Å². The first-order chi connectivity index (χ1) is 10.2. The molecule has 0 aromatic heterocycles. The van der Waals surface area contributed by atoms with Crippen LogP contribution in [0.4, 0.5) is 0 Å². The zero-order valence-electron chi connectivity index (χ0n) is 15.2. The lowest BCUT2D eigenvalue weighted by Crippen LogP contribution is -2.42. The summed E-state index contributed by atoms with van der Waals surface area (Å²) in [6.45, 7) is 8.59. The van der Waals surface area contributed by atoms with E-state index in [9.17, 15) is 5.21 Å². The van der Waals surface area contributed by atoms with Crippen molar-refractivity contribution in [1.29, 1.82) is 0 Å². The Hall–Kier alpha value is -0.0800. The van der Waals surface area contributed by atoms with Crippen molar-refractivity contribution in [3.63, 3.8) is 0 Å². The van der Waals surface area contributed by atoms with Gasteiger partial charge in [-0.2, -0.15) is 0 Å². The number of quaternary nitrogens is 1. The van der Waals surface area contributed by atoms with Crippen molar-refractivity contribution in [3.05, 3.63) is 5.21 Å². The lowest BCUT2D eigenvalue weighted by atomic mass is 10.0. The standard InChI is InChI=1S/C19H41NO/c1-4-7-8-9-10-11-12-13-14-15-16-17-18-19-20(21,5-2)6-3/h4-19H2,1-3H3. The molecule has 0 aliphatic heterocycles. The summed E-state index contributed by atoms with van der Waals surface area (Å²) in [5.41, 5.74) is 0. The fraction of sp³-hybridized carbons (Fsp3) is 1.00. The highest BCUT2D eigenvalue weighted by atomic mass is 16.5. The molecular formula is C19H41NO. The van der Waals surface area contributed by atoms with E-state index in [1.165, 1.54) is 77.0 Å². The smallest absolute Gasteiger partial charge is 0.0783 e. The first-order valence-electron chi connectivity index (χ1n) is 9.75. The van der Waals surface area contributed by atoms with Crippen molar-refractivity contribution in [2.24, 2.45) is 0 Å². The third-order valence-electron chi connectivity index (χ3n) is 4.82. The number of unbranched alkanes of at least 4 members (excludes halogenated alkanes) is 12. The quantitative estimate of drug-likeness (QED) is 0.183. The van der Waals surface area contributed by atoms with Gasteiger partial charge in [0.2, 0.25) is 0 Å². The zero-order chi connectivity index (χ0) is 15.8. The fourth-order valence-corrected chi connectivity index (χ4v) is 2.96. The summed E-state index contributed by atoms with van der Waals surface area (Å²) in [4.78, 5) is 0. The zero-order valence-corrected chi connectivity index (χ0v) is 15.2. The lowest BCUT2D eigenvalue weighted by Gasteiger charge is -2.41. The van der Waals surface area contributed by atoms with E-state index in [2.05, 4.69) is 6.92 Å². The van der Waals surface area contributed by atoms with Gasteiger partial charge in [-0.3, -0.25) is 0 Å². The molecule has 0 bridgehead atoms. The molecule has 0 aromatic carbocycles. The van der Waals surface area contributed by atoms with Gasteiger partial charge in [0.05, 0.1) is 19.6 Å². The maximum absolute atomic E-state index is 12.1. The van der Waals surface area contributed by atoms with Crippen molar-refractivity contribution in [2.75, 3.05) is 19.6 Å². The SMILES string of the molecule is CCCCCCCCCCCCCCC[N+]([O-])(CC)CC. The largest absolute Gasteiger partial charge is 0.633 e. The van der Waals surface area contributed by atoms with E-state index in [0.717, 1.165) is 26.1 Å². The topological polar surface area (TPSA) is 23.1 Å². The fourth-order valence-electron chi connectivity index (χ4n) is 2.96. The van der Waals surface area contributed by atoms with Crippen LogP contribution in [-0.2, 0) is 0 Å². The molecule has 0 atom stereocenters. The Morgan fingerprint density at radius 1 is 0.524 bits per heavy atom. The van der Waals surface area contributed by atoms with E-state index < -0.39 is 0 Å². The third-order valence-corrected chi connectivity index (χ3v) is 4.82. The van der Waals surface area contributed by atoms with E-state index >= 15 is 0 Å². The van der Waals surface area contributed by atoms with Crippen LogP contribution in [0.1, 0.15) is 104 Å². The molecule has 0 heterocycles. The summed E-state index contributed by atoms with van der Waals surface area (Å²) in [5, 5.41) is 12.1. The van der Waals surface area contributed by atoms with Gasteiger partial charge in [-0.1, -0.05) is 77.6 Å². The molecule has 0 fully saturated rings. The van der Waals surface area contributed by atoms with Gasteiger partial charge in [0.25, 0.3) is 0 Å². The molecule has 0 aliphatic rings. The molecule has 128 valence electrons. The number of hydroxylamine groups is 3. The maximum Gasteiger partial charge on any atom is 0.0783 e. The predicted molar refractivity (Wildman–Crippen MR) is 95.3 cm³/mol. The van der Waals surface area contributed by atoms with Crippen LogP contribution < -0.4 is 0 Å². The van der Waals surface area contributed by atoms with Crippen LogP contribution in [-0.4, -0.2) is 24.3 Å². The van der Waals surface area contributed by atoms with Gasteiger partial charge >= 0.3 is 0 Å². The average molecular weight is 300 g/mol. The van der Waals surface area contributed by atoms with Crippen LogP contribution in [0.15, 0.2) is 0 Å². The summed E-state index contributed by atoms with van der Waals surface area (Å²) < 4.78 is 0.0119. The number of hydrogen-bond acceptors (Lipinski definition) is 1. The molecule has 0 saturated heterocycles. The summed E-state index contributed by atoms with van der Waals surface area (Å²) in [5.74, 6) is 0. The summed E-state index contributed by atoms with van der Waals surface area (Å²) in [6.07, 6.45) is 17.8. The molecular weight excluding hydrogens is 258 g/mol. The first kappa shape index (κ1) is 20.9. The van der Waals surface area contributed by atoms with E-state index in [1.54, 1.807) is 0 Å². The van der Waals surface area contributed by atoms with Crippen molar-refractivity contribution < 1.29 is 4.65 Å². The second kappa shape index (κ2) is 14.8. The van der Waals surface area contributed by atoms with Gasteiger partial charge in [-0.15, -0.1) is 0 Å². The molecule has 0 aliphatic carbocycles. The highest BCUT2D eigenvalue weighted by molar-refractivity contribution is 4.49. The van der Waals surface area contributed by atoms with E-state index in [4.69, 9.17) is 0 Å². The minimum atomic E-state index is 0.0119. The number of hydrogen-bond donors (Lipinski definition) is 0. The molecule has 0 rings (SSSR count). The molecule has 0 spiro atoms. The number of nitrogens with zero attached hydrogens (tertiary/aromatic N) is 1. The minimum absolute atomic E-state index is 0.0119. The van der Waals surface area contributed by atoms with Gasteiger partial charge in [0.15, 0.2) is 0 Å². The first-order valence-corrected chi connectivity index (χ1v) is 9.75. The summed E-state index contributed by atoms with van der Waals surface area (Å²) in [7, 11) is 0. The molecule has 2 heteroatoms. The third kappa shape index (κ3) is 13.3. The highest BCUT2D eigenvalue weighted by Gasteiger charge is 2.09. The predicted octanol–water partition coefficient (Wildman–Crippen LogP) is 6.43. The van der Waals surface area contributed by atoms with Gasteiger partial charge < -0.3 is 9.85 Å². The Morgan fingerprint density at radius 3 is 1.19 bits per heavy atom. The second-order valence-corrected chi connectivity index (χ2v) is 6.66. The average Bonchev–Trinajstić information content (AvgIpc) is 2.51. The van der Waals surface area contributed by atoms with Gasteiger partial charge in [0, 0.05) is 0 Å². The van der Waals surface area contributed by atoms with Crippen LogP contribution in [0.2, 0.25) is 0 Å². The molecule has 0 aromatic rings. The van der Waals surface area contributed by atoms with Crippen molar-refractivity contribution >= 4 is 0 Å². The van der Waals surface area contributed by atoms with Crippen molar-refractivity contribution in [2.45, 2.75) is 104 Å². The lowest BCUT2D eigenvalue weighted by molar-refractivity contribution is -0.877. The van der Waals surface area contributed by atoms with Gasteiger partial charge in [-0.25, -0.2) is 0 Å². The van der Waals surface area contributed by atoms with E-state index in [0.29, 0.717) is 0 Å². The summed E-state index contributed by atoms with van der Waals surface area (Å²) in [6, 6.07) is 0. The van der Waals surface area contributed by atoms with Crippen LogP contribution >= 0.6 is 0 Å². The van der Waals surface area contributed by atoms with Crippen LogP contribution in [0.25, 0.3) is 0 Å². The van der Waals surface area contributed by atoms with Crippen molar-refractivity contribution in [1.82, 2.24) is 0 Å².